The number of thiazole rings is 1. The Hall–Kier alpha value is -1.92. The van der Waals surface area contributed by atoms with Crippen molar-refractivity contribution in [3.8, 4) is 5.13 Å². The van der Waals surface area contributed by atoms with Gasteiger partial charge in [-0.3, -0.25) is 4.79 Å². The molecule has 1 fully saturated rings. The van der Waals surface area contributed by atoms with E-state index in [4.69, 9.17) is 11.6 Å². The van der Waals surface area contributed by atoms with Gasteiger partial charge in [-0.05, 0) is 31.9 Å². The van der Waals surface area contributed by atoms with Crippen LogP contribution in [0.25, 0.3) is 15.3 Å². The average molecular weight is 375 g/mol. The first-order valence-corrected chi connectivity index (χ1v) is 9.74. The Morgan fingerprint density at radius 1 is 1.32 bits per heavy atom. The minimum atomic E-state index is 0.0833. The highest BCUT2D eigenvalue weighted by Gasteiger charge is 2.23. The first-order valence-electron chi connectivity index (χ1n) is 8.55. The maximum Gasteiger partial charge on any atom is 0.228 e. The second kappa shape index (κ2) is 6.77. The molecule has 0 radical (unpaired) electrons. The van der Waals surface area contributed by atoms with Gasteiger partial charge in [-0.15, -0.1) is 0 Å². The fraction of sp³-hybridized carbons (Fsp3) is 0.389. The van der Waals surface area contributed by atoms with Gasteiger partial charge in [0.05, 0.1) is 15.4 Å². The molecule has 5 nitrogen and oxygen atoms in total. The number of para-hydroxylation sites is 1. The smallest absolute Gasteiger partial charge is 0.228 e. The standard InChI is InChI=1S/C18H19ClN4OS/c1-11-10-15(20-17(24)12-6-3-2-4-7-12)23(22-11)18-21-16-13(19)8-5-9-14(16)25-18/h5,8-10,12H,2-4,6-7H2,1H3,(H,20,24). The van der Waals surface area contributed by atoms with Gasteiger partial charge in [-0.2, -0.15) is 9.78 Å². The summed E-state index contributed by atoms with van der Waals surface area (Å²) >= 11 is 7.74. The van der Waals surface area contributed by atoms with Crippen molar-refractivity contribution in [3.63, 3.8) is 0 Å². The summed E-state index contributed by atoms with van der Waals surface area (Å²) in [4.78, 5) is 17.2. The predicted molar refractivity (Wildman–Crippen MR) is 102 cm³/mol. The molecule has 3 aromatic rings. The number of nitrogens with zero attached hydrogens (tertiary/aromatic N) is 3. The van der Waals surface area contributed by atoms with Gasteiger partial charge in [0.25, 0.3) is 0 Å². The fourth-order valence-corrected chi connectivity index (χ4v) is 4.55. The number of hydrogen-bond acceptors (Lipinski definition) is 4. The largest absolute Gasteiger partial charge is 0.310 e. The van der Waals surface area contributed by atoms with Crippen LogP contribution in [0.4, 0.5) is 5.82 Å². The number of carbonyl (C=O) groups is 1. The van der Waals surface area contributed by atoms with Gasteiger partial charge in [0, 0.05) is 12.0 Å². The molecule has 0 atom stereocenters. The summed E-state index contributed by atoms with van der Waals surface area (Å²) in [5.74, 6) is 0.852. The third-order valence-corrected chi connectivity index (χ3v) is 5.90. The van der Waals surface area contributed by atoms with Crippen LogP contribution in [0, 0.1) is 12.8 Å². The third kappa shape index (κ3) is 3.28. The number of nitrogens with one attached hydrogen (secondary N) is 1. The van der Waals surface area contributed by atoms with Crippen LogP contribution < -0.4 is 5.32 Å². The normalized spacial score (nSPS) is 15.6. The molecule has 4 rings (SSSR count). The van der Waals surface area contributed by atoms with Crippen LogP contribution in [0.15, 0.2) is 24.3 Å². The van der Waals surface area contributed by atoms with Crippen molar-refractivity contribution < 1.29 is 4.79 Å². The molecule has 1 aliphatic rings. The highest BCUT2D eigenvalue weighted by Crippen LogP contribution is 2.31. The quantitative estimate of drug-likeness (QED) is 0.704. The van der Waals surface area contributed by atoms with Crippen molar-refractivity contribution in [1.82, 2.24) is 14.8 Å². The molecule has 0 bridgehead atoms. The third-order valence-electron chi connectivity index (χ3n) is 4.60. The van der Waals surface area contributed by atoms with Crippen LogP contribution in [-0.2, 0) is 4.79 Å². The summed E-state index contributed by atoms with van der Waals surface area (Å²) in [6.07, 6.45) is 5.43. The van der Waals surface area contributed by atoms with E-state index in [1.807, 2.05) is 31.2 Å². The molecule has 2 heterocycles. The van der Waals surface area contributed by atoms with E-state index in [0.717, 1.165) is 41.6 Å². The van der Waals surface area contributed by atoms with Gasteiger partial charge < -0.3 is 5.32 Å². The van der Waals surface area contributed by atoms with E-state index in [2.05, 4.69) is 15.4 Å². The fourth-order valence-electron chi connectivity index (χ4n) is 3.32. The van der Waals surface area contributed by atoms with Gasteiger partial charge in [0.2, 0.25) is 11.0 Å². The van der Waals surface area contributed by atoms with Gasteiger partial charge in [0.15, 0.2) is 0 Å². The monoisotopic (exact) mass is 374 g/mol. The van der Waals surface area contributed by atoms with E-state index < -0.39 is 0 Å². The molecule has 0 saturated heterocycles. The van der Waals surface area contributed by atoms with Gasteiger partial charge >= 0.3 is 0 Å². The maximum atomic E-state index is 12.6. The number of carbonyl (C=O) groups excluding carboxylic acids is 1. The molecule has 7 heteroatoms. The highest BCUT2D eigenvalue weighted by molar-refractivity contribution is 7.20. The first kappa shape index (κ1) is 16.5. The molecular formula is C18H19ClN4OS. The Balaban J connectivity index is 1.66. The second-order valence-electron chi connectivity index (χ2n) is 6.49. The number of halogens is 1. The lowest BCUT2D eigenvalue weighted by atomic mass is 9.89. The lowest BCUT2D eigenvalue weighted by molar-refractivity contribution is -0.120. The number of fused-ring (bicyclic) bond motifs is 1. The summed E-state index contributed by atoms with van der Waals surface area (Å²) in [7, 11) is 0. The highest BCUT2D eigenvalue weighted by atomic mass is 35.5. The van der Waals surface area contributed by atoms with Gasteiger partial charge in [-0.1, -0.05) is 48.3 Å². The lowest BCUT2D eigenvalue weighted by Gasteiger charge is -2.20. The maximum absolute atomic E-state index is 12.6. The van der Waals surface area contributed by atoms with E-state index in [1.165, 1.54) is 17.8 Å². The average Bonchev–Trinajstić information content (AvgIpc) is 3.20. The Morgan fingerprint density at radius 2 is 2.12 bits per heavy atom. The summed E-state index contributed by atoms with van der Waals surface area (Å²) in [6, 6.07) is 7.60. The molecular weight excluding hydrogens is 356 g/mol. The van der Waals surface area contributed by atoms with E-state index in [9.17, 15) is 4.79 Å². The molecule has 0 aliphatic heterocycles. The van der Waals surface area contributed by atoms with Crippen molar-refractivity contribution in [1.29, 1.82) is 0 Å². The molecule has 1 amide bonds. The summed E-state index contributed by atoms with van der Waals surface area (Å²) in [5.41, 5.74) is 1.60. The molecule has 1 aliphatic carbocycles. The van der Waals surface area contributed by atoms with Crippen molar-refractivity contribution in [3.05, 3.63) is 35.0 Å². The molecule has 1 saturated carbocycles. The van der Waals surface area contributed by atoms with Crippen molar-refractivity contribution in [2.45, 2.75) is 39.0 Å². The number of hydrogen-bond donors (Lipinski definition) is 1. The predicted octanol–water partition coefficient (Wildman–Crippen LogP) is 4.96. The number of aromatic nitrogens is 3. The zero-order valence-electron chi connectivity index (χ0n) is 14.0. The lowest BCUT2D eigenvalue weighted by Crippen LogP contribution is -2.25. The van der Waals surface area contributed by atoms with Crippen LogP contribution in [0.5, 0.6) is 0 Å². The van der Waals surface area contributed by atoms with Crippen molar-refractivity contribution >= 4 is 44.9 Å². The summed E-state index contributed by atoms with van der Waals surface area (Å²) < 4.78 is 2.71. The Labute approximate surface area is 155 Å². The van der Waals surface area contributed by atoms with Crippen LogP contribution in [0.3, 0.4) is 0 Å². The van der Waals surface area contributed by atoms with Gasteiger partial charge in [-0.25, -0.2) is 4.98 Å². The molecule has 2 aromatic heterocycles. The SMILES string of the molecule is Cc1cc(NC(=O)C2CCCCC2)n(-c2nc3c(Cl)cccc3s2)n1. The van der Waals surface area contributed by atoms with Crippen molar-refractivity contribution in [2.75, 3.05) is 5.32 Å². The number of aryl methyl sites for hydroxylation is 1. The minimum Gasteiger partial charge on any atom is -0.310 e. The minimum absolute atomic E-state index is 0.0833. The zero-order chi connectivity index (χ0) is 17.4. The number of anilines is 1. The molecule has 0 spiro atoms. The Morgan fingerprint density at radius 3 is 2.88 bits per heavy atom. The molecule has 25 heavy (non-hydrogen) atoms. The van der Waals surface area contributed by atoms with E-state index in [0.29, 0.717) is 16.0 Å². The van der Waals surface area contributed by atoms with E-state index in [1.54, 1.807) is 4.68 Å². The summed E-state index contributed by atoms with van der Waals surface area (Å²) in [5, 5.41) is 8.89. The Bertz CT molecular complexity index is 926. The van der Waals surface area contributed by atoms with Crippen LogP contribution in [0.1, 0.15) is 37.8 Å². The second-order valence-corrected chi connectivity index (χ2v) is 7.91. The van der Waals surface area contributed by atoms with Gasteiger partial charge in [0.1, 0.15) is 11.3 Å². The van der Waals surface area contributed by atoms with E-state index >= 15 is 0 Å². The molecule has 1 aromatic carbocycles. The number of benzene rings is 1. The zero-order valence-corrected chi connectivity index (χ0v) is 15.5. The van der Waals surface area contributed by atoms with Crippen LogP contribution in [0.2, 0.25) is 5.02 Å². The van der Waals surface area contributed by atoms with E-state index in [-0.39, 0.29) is 11.8 Å². The molecule has 130 valence electrons. The summed E-state index contributed by atoms with van der Waals surface area (Å²) in [6.45, 7) is 1.91. The van der Waals surface area contributed by atoms with Crippen LogP contribution in [-0.4, -0.2) is 20.7 Å². The van der Waals surface area contributed by atoms with Crippen molar-refractivity contribution in [2.24, 2.45) is 5.92 Å². The number of amides is 1. The molecule has 0 unspecified atom stereocenters. The Kier molecular flexibility index (Phi) is 4.48. The number of rotatable bonds is 3. The van der Waals surface area contributed by atoms with Crippen LogP contribution >= 0.6 is 22.9 Å². The first-order chi connectivity index (χ1) is 12.1. The topological polar surface area (TPSA) is 59.8 Å². The molecule has 1 N–H and O–H groups in total.